The summed E-state index contributed by atoms with van der Waals surface area (Å²) in [5, 5.41) is 33.4. The van der Waals surface area contributed by atoms with Crippen molar-refractivity contribution in [3.8, 4) is 11.1 Å². The predicted octanol–water partition coefficient (Wildman–Crippen LogP) is 2.65. The van der Waals surface area contributed by atoms with Gasteiger partial charge in [-0.15, -0.1) is 10.2 Å². The predicted molar refractivity (Wildman–Crippen MR) is 114 cm³/mol. The minimum atomic E-state index is -1.09. The van der Waals surface area contributed by atoms with E-state index in [1.54, 1.807) is 23.2 Å². The summed E-state index contributed by atoms with van der Waals surface area (Å²) < 4.78 is 3.13. The molecule has 2 heterocycles. The lowest BCUT2D eigenvalue weighted by Crippen LogP contribution is -2.06. The zero-order valence-electron chi connectivity index (χ0n) is 17.4. The maximum Gasteiger partial charge on any atom is 0.358 e. The molecular weight excluding hydrogens is 412 g/mol. The lowest BCUT2D eigenvalue weighted by molar-refractivity contribution is 0.0678. The van der Waals surface area contributed by atoms with Crippen LogP contribution in [0, 0.1) is 13.8 Å². The highest BCUT2D eigenvalue weighted by Crippen LogP contribution is 2.21. The van der Waals surface area contributed by atoms with Gasteiger partial charge in [0.1, 0.15) is 0 Å². The molecule has 2 N–H and O–H groups in total. The topological polar surface area (TPSA) is 136 Å². The van der Waals surface area contributed by atoms with Crippen molar-refractivity contribution in [2.45, 2.75) is 26.9 Å². The number of aromatic nitrogens is 6. The van der Waals surface area contributed by atoms with Crippen molar-refractivity contribution in [3.05, 3.63) is 82.4 Å². The second-order valence-electron chi connectivity index (χ2n) is 7.37. The van der Waals surface area contributed by atoms with E-state index in [2.05, 4.69) is 20.6 Å². The van der Waals surface area contributed by atoms with Crippen molar-refractivity contribution < 1.29 is 19.8 Å². The minimum absolute atomic E-state index is 0.0398. The summed E-state index contributed by atoms with van der Waals surface area (Å²) in [5.41, 5.74) is 4.96. The fourth-order valence-corrected chi connectivity index (χ4v) is 3.37. The number of rotatable bonds is 7. The van der Waals surface area contributed by atoms with E-state index < -0.39 is 11.9 Å². The van der Waals surface area contributed by atoms with Gasteiger partial charge in [-0.05, 0) is 36.1 Å². The van der Waals surface area contributed by atoms with Gasteiger partial charge in [-0.25, -0.2) is 19.0 Å². The summed E-state index contributed by atoms with van der Waals surface area (Å²) in [6.07, 6.45) is 0. The lowest BCUT2D eigenvalue weighted by Gasteiger charge is -2.08. The van der Waals surface area contributed by atoms with Gasteiger partial charge in [0.05, 0.1) is 24.5 Å². The molecule has 0 unspecified atom stereocenters. The quantitative estimate of drug-likeness (QED) is 0.455. The minimum Gasteiger partial charge on any atom is -0.476 e. The van der Waals surface area contributed by atoms with Crippen molar-refractivity contribution in [2.75, 3.05) is 0 Å². The van der Waals surface area contributed by atoms with E-state index >= 15 is 0 Å². The standard InChI is InChI=1S/C22H20N6O4/c1-13-19(21(29)30)23-25-27(13)11-15-3-7-17(8-4-15)18-9-5-16(6-10-18)12-28-14(2)20(22(31)32)24-26-28/h3-10H,11-12H2,1-2H3,(H,29,30)(H,31,32). The van der Waals surface area contributed by atoms with Crippen LogP contribution in [-0.2, 0) is 13.1 Å². The maximum absolute atomic E-state index is 11.1. The molecule has 32 heavy (non-hydrogen) atoms. The second-order valence-corrected chi connectivity index (χ2v) is 7.37. The Morgan fingerprint density at radius 3 is 1.31 bits per heavy atom. The van der Waals surface area contributed by atoms with Crippen LogP contribution in [0.4, 0.5) is 0 Å². The van der Waals surface area contributed by atoms with Crippen molar-refractivity contribution in [1.29, 1.82) is 0 Å². The molecule has 10 heteroatoms. The number of benzene rings is 2. The largest absolute Gasteiger partial charge is 0.476 e. The molecule has 0 saturated heterocycles. The molecule has 4 aromatic rings. The van der Waals surface area contributed by atoms with Gasteiger partial charge in [-0.3, -0.25) is 0 Å². The number of nitrogens with zero attached hydrogens (tertiary/aromatic N) is 6. The Morgan fingerprint density at radius 2 is 1.03 bits per heavy atom. The third kappa shape index (κ3) is 4.10. The van der Waals surface area contributed by atoms with Crippen molar-refractivity contribution in [1.82, 2.24) is 30.0 Å². The Kier molecular flexibility index (Phi) is 5.50. The van der Waals surface area contributed by atoms with E-state index in [-0.39, 0.29) is 11.4 Å². The molecule has 0 bridgehead atoms. The first-order chi connectivity index (χ1) is 15.3. The zero-order chi connectivity index (χ0) is 22.8. The number of aromatic carboxylic acids is 2. The molecule has 0 aliphatic rings. The molecule has 0 amide bonds. The Bertz CT molecular complexity index is 1190. The van der Waals surface area contributed by atoms with E-state index in [0.717, 1.165) is 22.3 Å². The second kappa shape index (κ2) is 8.42. The normalized spacial score (nSPS) is 10.9. The van der Waals surface area contributed by atoms with Crippen molar-refractivity contribution in [3.63, 3.8) is 0 Å². The fourth-order valence-electron chi connectivity index (χ4n) is 3.37. The summed E-state index contributed by atoms with van der Waals surface area (Å²) in [6.45, 7) is 4.23. The molecule has 2 aromatic heterocycles. The highest BCUT2D eigenvalue weighted by Gasteiger charge is 2.16. The highest BCUT2D eigenvalue weighted by atomic mass is 16.4. The SMILES string of the molecule is Cc1c(C(=O)O)nnn1Cc1ccc(-c2ccc(Cn3nnc(C(=O)O)c3C)cc2)cc1. The first-order valence-electron chi connectivity index (χ1n) is 9.78. The Labute approximate surface area is 182 Å². The molecule has 0 aliphatic carbocycles. The van der Waals surface area contributed by atoms with Crippen LogP contribution >= 0.6 is 0 Å². The van der Waals surface area contributed by atoms with Crippen molar-refractivity contribution >= 4 is 11.9 Å². The molecule has 0 radical (unpaired) electrons. The number of hydrogen-bond acceptors (Lipinski definition) is 6. The number of hydrogen-bond donors (Lipinski definition) is 2. The van der Waals surface area contributed by atoms with Crippen LogP contribution in [0.3, 0.4) is 0 Å². The zero-order valence-corrected chi connectivity index (χ0v) is 17.4. The van der Waals surface area contributed by atoms with Gasteiger partial charge < -0.3 is 10.2 Å². The molecular formula is C22H20N6O4. The average Bonchev–Trinajstić information content (AvgIpc) is 3.32. The summed E-state index contributed by atoms with van der Waals surface area (Å²) >= 11 is 0. The molecule has 0 aliphatic heterocycles. The molecule has 4 rings (SSSR count). The van der Waals surface area contributed by atoms with Gasteiger partial charge in [-0.1, -0.05) is 59.0 Å². The fraction of sp³-hybridized carbons (Fsp3) is 0.182. The Hall–Kier alpha value is -4.34. The van der Waals surface area contributed by atoms with E-state index in [9.17, 15) is 9.59 Å². The molecule has 10 nitrogen and oxygen atoms in total. The monoisotopic (exact) mass is 432 g/mol. The van der Waals surface area contributed by atoms with Gasteiger partial charge in [0.25, 0.3) is 0 Å². The molecule has 0 saturated carbocycles. The summed E-state index contributed by atoms with van der Waals surface area (Å²) in [6, 6.07) is 15.9. The molecule has 162 valence electrons. The van der Waals surface area contributed by atoms with Crippen LogP contribution in [0.25, 0.3) is 11.1 Å². The van der Waals surface area contributed by atoms with Crippen LogP contribution < -0.4 is 0 Å². The average molecular weight is 432 g/mol. The summed E-state index contributed by atoms with van der Waals surface area (Å²) in [4.78, 5) is 22.2. The number of carboxylic acid groups (broad SMARTS) is 2. The lowest BCUT2D eigenvalue weighted by atomic mass is 10.0. The number of carboxylic acids is 2. The van der Waals surface area contributed by atoms with E-state index in [0.29, 0.717) is 24.5 Å². The molecule has 0 atom stereocenters. The van der Waals surface area contributed by atoms with E-state index in [4.69, 9.17) is 10.2 Å². The van der Waals surface area contributed by atoms with Crippen LogP contribution in [0.5, 0.6) is 0 Å². The maximum atomic E-state index is 11.1. The third-order valence-electron chi connectivity index (χ3n) is 5.28. The van der Waals surface area contributed by atoms with Crippen molar-refractivity contribution in [2.24, 2.45) is 0 Å². The molecule has 2 aromatic carbocycles. The van der Waals surface area contributed by atoms with Gasteiger partial charge in [0.15, 0.2) is 11.4 Å². The van der Waals surface area contributed by atoms with Crippen LogP contribution in [-0.4, -0.2) is 52.1 Å². The van der Waals surface area contributed by atoms with Gasteiger partial charge in [0.2, 0.25) is 0 Å². The Balaban J connectivity index is 1.45. The summed E-state index contributed by atoms with van der Waals surface area (Å²) in [7, 11) is 0. The van der Waals surface area contributed by atoms with E-state index in [1.165, 1.54) is 0 Å². The molecule has 0 fully saturated rings. The van der Waals surface area contributed by atoms with Crippen LogP contribution in [0.2, 0.25) is 0 Å². The molecule has 0 spiro atoms. The van der Waals surface area contributed by atoms with E-state index in [1.807, 2.05) is 48.5 Å². The van der Waals surface area contributed by atoms with Gasteiger partial charge in [-0.2, -0.15) is 0 Å². The highest BCUT2D eigenvalue weighted by molar-refractivity contribution is 5.86. The Morgan fingerprint density at radius 1 is 0.688 bits per heavy atom. The first-order valence-corrected chi connectivity index (χ1v) is 9.78. The van der Waals surface area contributed by atoms with Crippen LogP contribution in [0.1, 0.15) is 43.5 Å². The number of carbonyl (C=O) groups is 2. The third-order valence-corrected chi connectivity index (χ3v) is 5.28. The van der Waals surface area contributed by atoms with Crippen LogP contribution in [0.15, 0.2) is 48.5 Å². The van der Waals surface area contributed by atoms with Gasteiger partial charge >= 0.3 is 11.9 Å². The van der Waals surface area contributed by atoms with Gasteiger partial charge in [0, 0.05) is 0 Å². The first kappa shape index (κ1) is 20.9. The summed E-state index contributed by atoms with van der Waals surface area (Å²) in [5.74, 6) is -2.18. The smallest absolute Gasteiger partial charge is 0.358 e.